The molecule has 0 unspecified atom stereocenters. The average Bonchev–Trinajstić information content (AvgIpc) is 1.38. The number of hydrogen-bond acceptors (Lipinski definition) is 2. The molecule has 0 spiro atoms. The molecule has 0 aromatic rings. The summed E-state index contributed by atoms with van der Waals surface area (Å²) in [5.74, 6) is 0.440. The average molecular weight is 130 g/mol. The third-order valence-corrected chi connectivity index (χ3v) is 0.365. The van der Waals surface area contributed by atoms with E-state index in [1.54, 1.807) is 0 Å². The first-order valence-corrected chi connectivity index (χ1v) is 1.88. The Morgan fingerprint density at radius 2 is 1.57 bits per heavy atom. The molecule has 3 heteroatoms. The molecule has 2 N–H and O–H groups in total. The third kappa shape index (κ3) is 18.4. The van der Waals surface area contributed by atoms with Gasteiger partial charge in [0.15, 0.2) is 0 Å². The van der Waals surface area contributed by atoms with Gasteiger partial charge in [-0.1, -0.05) is 13.8 Å². The van der Waals surface area contributed by atoms with Gasteiger partial charge in [0.25, 0.3) is 0 Å². The first-order valence-electron chi connectivity index (χ1n) is 1.88. The monoisotopic (exact) mass is 130 g/mol. The van der Waals surface area contributed by atoms with E-state index in [0.717, 1.165) is 0 Å². The molecule has 0 aromatic heterocycles. The van der Waals surface area contributed by atoms with E-state index < -0.39 is 0 Å². The predicted octanol–water partition coefficient (Wildman–Crippen LogP) is -2.54. The van der Waals surface area contributed by atoms with Crippen LogP contribution in [0, 0.1) is 5.92 Å². The number of rotatable bonds is 1. The summed E-state index contributed by atoms with van der Waals surface area (Å²) >= 11 is 0. The molecule has 0 atom stereocenters. The van der Waals surface area contributed by atoms with Crippen LogP contribution in [-0.4, -0.2) is 17.2 Å². The Hall–Kier alpha value is 1.56. The van der Waals surface area contributed by atoms with Crippen LogP contribution >= 0.6 is 0 Å². The second-order valence-electron chi connectivity index (χ2n) is 1.58. The van der Waals surface area contributed by atoms with Gasteiger partial charge in [0.2, 0.25) is 0 Å². The van der Waals surface area contributed by atoms with E-state index in [-0.39, 0.29) is 56.9 Å². The number of aliphatic hydroxyl groups is 1. The second kappa shape index (κ2) is 10.5. The molecule has 0 aliphatic carbocycles. The fourth-order valence-corrected chi connectivity index (χ4v) is 0. The summed E-state index contributed by atoms with van der Waals surface area (Å²) in [4.78, 5) is 0. The van der Waals surface area contributed by atoms with Gasteiger partial charge in [-0.05, 0) is 5.92 Å². The van der Waals surface area contributed by atoms with E-state index in [4.69, 9.17) is 5.11 Å². The van der Waals surface area contributed by atoms with Crippen molar-refractivity contribution in [3.8, 4) is 0 Å². The van der Waals surface area contributed by atoms with Crippen LogP contribution < -0.4 is 51.4 Å². The molecule has 0 aliphatic heterocycles. The van der Waals surface area contributed by atoms with Crippen LogP contribution in [0.5, 0.6) is 0 Å². The van der Waals surface area contributed by atoms with E-state index in [0.29, 0.717) is 12.5 Å². The summed E-state index contributed by atoms with van der Waals surface area (Å²) in [5.41, 5.74) is 0. The quantitative estimate of drug-likeness (QED) is 0.398. The largest absolute Gasteiger partial charge is 1.00 e. The van der Waals surface area contributed by atoms with Crippen LogP contribution in [0.15, 0.2) is 0 Å². The van der Waals surface area contributed by atoms with Crippen molar-refractivity contribution in [2.75, 3.05) is 6.61 Å². The smallest absolute Gasteiger partial charge is 0.870 e. The summed E-state index contributed by atoms with van der Waals surface area (Å²) in [5, 5.41) is 8.14. The normalized spacial score (nSPS) is 6.86. The van der Waals surface area contributed by atoms with E-state index in [1.165, 1.54) is 0 Å². The zero-order valence-electron chi connectivity index (χ0n) is 5.18. The summed E-state index contributed by atoms with van der Waals surface area (Å²) in [6, 6.07) is 0. The Morgan fingerprint density at radius 1 is 1.43 bits per heavy atom. The van der Waals surface area contributed by atoms with Crippen LogP contribution in [0.25, 0.3) is 0 Å². The topological polar surface area (TPSA) is 50.2 Å². The molecule has 0 aromatic carbocycles. The van der Waals surface area contributed by atoms with Gasteiger partial charge >= 0.3 is 51.4 Å². The van der Waals surface area contributed by atoms with Crippen molar-refractivity contribution >= 4 is 0 Å². The first-order chi connectivity index (χ1) is 2.27. The van der Waals surface area contributed by atoms with Crippen molar-refractivity contribution in [3.63, 3.8) is 0 Å². The van der Waals surface area contributed by atoms with Crippen LogP contribution in [0.3, 0.4) is 0 Å². The molecule has 2 nitrogen and oxygen atoms in total. The van der Waals surface area contributed by atoms with Gasteiger partial charge in [-0.25, -0.2) is 0 Å². The molecule has 0 amide bonds. The summed E-state index contributed by atoms with van der Waals surface area (Å²) in [6.07, 6.45) is 0. The maximum Gasteiger partial charge on any atom is 1.00 e. The number of hydrogen-bond donors (Lipinski definition) is 1. The van der Waals surface area contributed by atoms with E-state index in [9.17, 15) is 0 Å². The summed E-state index contributed by atoms with van der Waals surface area (Å²) < 4.78 is 0. The van der Waals surface area contributed by atoms with Crippen molar-refractivity contribution in [3.05, 3.63) is 0 Å². The Balaban J connectivity index is -0.0000000800. The fourth-order valence-electron chi connectivity index (χ4n) is 0. The standard InChI is InChI=1S/C4H10O.K.H2O/c1-4(2)3-5;;/h4-5H,3H2,1-2H3;;1H2/q;+1;/p-1. The Morgan fingerprint density at radius 3 is 1.57 bits per heavy atom. The Labute approximate surface area is 87.0 Å². The molecule has 0 radical (unpaired) electrons. The van der Waals surface area contributed by atoms with Gasteiger partial charge in [0.1, 0.15) is 0 Å². The van der Waals surface area contributed by atoms with Crippen LogP contribution in [0.4, 0.5) is 0 Å². The predicted molar refractivity (Wildman–Crippen MR) is 23.9 cm³/mol. The van der Waals surface area contributed by atoms with Gasteiger partial charge in [0.05, 0.1) is 0 Å². The van der Waals surface area contributed by atoms with E-state index >= 15 is 0 Å². The number of aliphatic hydroxyl groups excluding tert-OH is 1. The molecule has 7 heavy (non-hydrogen) atoms. The molecule has 0 rings (SSSR count). The van der Waals surface area contributed by atoms with Crippen LogP contribution in [0.1, 0.15) is 13.8 Å². The Bertz CT molecular complexity index is 23.7. The summed E-state index contributed by atoms with van der Waals surface area (Å²) in [6.45, 7) is 4.25. The minimum Gasteiger partial charge on any atom is -0.870 e. The van der Waals surface area contributed by atoms with Gasteiger partial charge in [-0.2, -0.15) is 0 Å². The minimum absolute atomic E-state index is 0. The van der Waals surface area contributed by atoms with Crippen molar-refractivity contribution in [1.82, 2.24) is 0 Å². The van der Waals surface area contributed by atoms with Crippen LogP contribution in [-0.2, 0) is 0 Å². The maximum absolute atomic E-state index is 8.14. The molecule has 0 aliphatic rings. The molecule has 0 heterocycles. The molecule has 40 valence electrons. The molecular weight excluding hydrogens is 119 g/mol. The van der Waals surface area contributed by atoms with E-state index in [1.807, 2.05) is 13.8 Å². The third-order valence-electron chi connectivity index (χ3n) is 0.365. The van der Waals surface area contributed by atoms with Crippen molar-refractivity contribution in [1.29, 1.82) is 0 Å². The van der Waals surface area contributed by atoms with Gasteiger partial charge in [-0.3, -0.25) is 0 Å². The molecule has 0 saturated heterocycles. The zero-order chi connectivity index (χ0) is 4.28. The van der Waals surface area contributed by atoms with Crippen LogP contribution in [0.2, 0.25) is 0 Å². The molecule has 0 bridgehead atoms. The molecule has 0 saturated carbocycles. The Kier molecular flexibility index (Phi) is 23.8. The zero-order valence-corrected chi connectivity index (χ0v) is 8.30. The van der Waals surface area contributed by atoms with Gasteiger partial charge in [0, 0.05) is 6.61 Å². The first kappa shape index (κ1) is 15.8. The van der Waals surface area contributed by atoms with E-state index in [2.05, 4.69) is 0 Å². The SMILES string of the molecule is CC(C)CO.[K+].[OH-]. The van der Waals surface area contributed by atoms with Crippen molar-refractivity contribution in [2.24, 2.45) is 5.92 Å². The molecular formula is C4H11KO2. The minimum atomic E-state index is 0. The second-order valence-corrected chi connectivity index (χ2v) is 1.58. The van der Waals surface area contributed by atoms with Gasteiger partial charge < -0.3 is 10.6 Å². The van der Waals surface area contributed by atoms with Crippen molar-refractivity contribution in [2.45, 2.75) is 13.8 Å². The summed E-state index contributed by atoms with van der Waals surface area (Å²) in [7, 11) is 0. The van der Waals surface area contributed by atoms with Crippen molar-refractivity contribution < 1.29 is 62.0 Å². The van der Waals surface area contributed by atoms with Gasteiger partial charge in [-0.15, -0.1) is 0 Å². The molecule has 0 fully saturated rings. The maximum atomic E-state index is 8.14. The fraction of sp³-hybridized carbons (Fsp3) is 1.00.